The summed E-state index contributed by atoms with van der Waals surface area (Å²) in [5.41, 5.74) is 3.54. The van der Waals surface area contributed by atoms with E-state index in [1.165, 1.54) is 12.1 Å². The lowest BCUT2D eigenvalue weighted by Crippen LogP contribution is -2.09. The number of rotatable bonds is 4. The molecule has 25 heavy (non-hydrogen) atoms. The maximum Gasteiger partial charge on any atom is 0.160 e. The van der Waals surface area contributed by atoms with E-state index in [1.54, 1.807) is 18.5 Å². The summed E-state index contributed by atoms with van der Waals surface area (Å²) in [7, 11) is 0. The van der Waals surface area contributed by atoms with E-state index in [1.807, 2.05) is 29.8 Å². The van der Waals surface area contributed by atoms with Crippen LogP contribution in [0.15, 0.2) is 48.9 Å². The average molecular weight is 335 g/mol. The molecule has 0 aliphatic carbocycles. The first-order valence-electron chi connectivity index (χ1n) is 8.25. The highest BCUT2D eigenvalue weighted by atomic mass is 19.1. The molecule has 0 aliphatic rings. The van der Waals surface area contributed by atoms with Crippen LogP contribution in [0.4, 0.5) is 4.39 Å². The molecule has 4 rings (SSSR count). The Morgan fingerprint density at radius 2 is 2.00 bits per heavy atom. The van der Waals surface area contributed by atoms with Crippen molar-refractivity contribution in [3.8, 4) is 11.4 Å². The van der Waals surface area contributed by atoms with Gasteiger partial charge in [-0.05, 0) is 43.7 Å². The van der Waals surface area contributed by atoms with Crippen LogP contribution in [0.1, 0.15) is 18.3 Å². The molecule has 4 aromatic rings. The molecule has 0 fully saturated rings. The highest BCUT2D eigenvalue weighted by molar-refractivity contribution is 5.71. The van der Waals surface area contributed by atoms with Crippen LogP contribution in [-0.4, -0.2) is 24.1 Å². The minimum atomic E-state index is -0.264. The van der Waals surface area contributed by atoms with E-state index in [0.717, 1.165) is 40.5 Å². The molecule has 0 amide bonds. The Bertz CT molecular complexity index is 1050. The third kappa shape index (κ3) is 2.69. The molecule has 6 heteroatoms. The summed E-state index contributed by atoms with van der Waals surface area (Å²) < 4.78 is 17.8. The van der Waals surface area contributed by atoms with Crippen LogP contribution >= 0.6 is 0 Å². The summed E-state index contributed by atoms with van der Waals surface area (Å²) in [5.74, 6) is 1.38. The summed E-state index contributed by atoms with van der Waals surface area (Å²) in [6.45, 7) is 5.37. The minimum Gasteiger partial charge on any atom is -0.323 e. The molecule has 0 saturated carbocycles. The molecule has 0 unspecified atom stereocenters. The van der Waals surface area contributed by atoms with Gasteiger partial charge in [0.15, 0.2) is 5.65 Å². The summed E-state index contributed by atoms with van der Waals surface area (Å²) in [5, 5.41) is 0. The SMILES string of the molecule is CCn1c(Cn2ccnc2-c2cc(F)ccc2C)nc2cccnc21. The number of pyridine rings is 1. The minimum absolute atomic E-state index is 0.264. The van der Waals surface area contributed by atoms with Gasteiger partial charge in [-0.1, -0.05) is 6.07 Å². The van der Waals surface area contributed by atoms with E-state index in [2.05, 4.69) is 21.5 Å². The topological polar surface area (TPSA) is 48.5 Å². The van der Waals surface area contributed by atoms with E-state index in [4.69, 9.17) is 4.98 Å². The van der Waals surface area contributed by atoms with Gasteiger partial charge in [0.2, 0.25) is 0 Å². The standard InChI is InChI=1S/C19H18FN5/c1-3-25-17(23-16-5-4-8-21-19(16)25)12-24-10-9-22-18(24)15-11-14(20)7-6-13(15)2/h4-11H,3,12H2,1-2H3. The van der Waals surface area contributed by atoms with E-state index < -0.39 is 0 Å². The highest BCUT2D eigenvalue weighted by Gasteiger charge is 2.14. The van der Waals surface area contributed by atoms with Crippen LogP contribution in [0.3, 0.4) is 0 Å². The predicted molar refractivity (Wildman–Crippen MR) is 94.7 cm³/mol. The number of nitrogens with zero attached hydrogens (tertiary/aromatic N) is 5. The molecule has 1 aromatic carbocycles. The van der Waals surface area contributed by atoms with Crippen LogP contribution in [-0.2, 0) is 13.1 Å². The van der Waals surface area contributed by atoms with Crippen molar-refractivity contribution in [3.05, 3.63) is 66.1 Å². The van der Waals surface area contributed by atoms with Gasteiger partial charge >= 0.3 is 0 Å². The molecule has 126 valence electrons. The number of hydrogen-bond donors (Lipinski definition) is 0. The lowest BCUT2D eigenvalue weighted by atomic mass is 10.1. The number of aromatic nitrogens is 5. The second kappa shape index (κ2) is 6.12. The van der Waals surface area contributed by atoms with Gasteiger partial charge in [-0.15, -0.1) is 0 Å². The highest BCUT2D eigenvalue weighted by Crippen LogP contribution is 2.24. The van der Waals surface area contributed by atoms with Gasteiger partial charge in [0.05, 0.1) is 6.54 Å². The molecule has 3 aromatic heterocycles. The monoisotopic (exact) mass is 335 g/mol. The largest absolute Gasteiger partial charge is 0.323 e. The Morgan fingerprint density at radius 3 is 2.84 bits per heavy atom. The fraction of sp³-hybridized carbons (Fsp3) is 0.211. The van der Waals surface area contributed by atoms with Crippen molar-refractivity contribution < 1.29 is 4.39 Å². The molecule has 0 radical (unpaired) electrons. The number of aryl methyl sites for hydroxylation is 2. The zero-order chi connectivity index (χ0) is 17.4. The Morgan fingerprint density at radius 1 is 1.12 bits per heavy atom. The van der Waals surface area contributed by atoms with Crippen molar-refractivity contribution in [2.45, 2.75) is 26.9 Å². The zero-order valence-electron chi connectivity index (χ0n) is 14.1. The van der Waals surface area contributed by atoms with Crippen molar-refractivity contribution in [1.29, 1.82) is 0 Å². The summed E-state index contributed by atoms with van der Waals surface area (Å²) in [6, 6.07) is 8.61. The molecule has 0 aliphatic heterocycles. The van der Waals surface area contributed by atoms with Gasteiger partial charge in [0.1, 0.15) is 23.0 Å². The van der Waals surface area contributed by atoms with E-state index in [9.17, 15) is 4.39 Å². The first-order valence-corrected chi connectivity index (χ1v) is 8.25. The first-order chi connectivity index (χ1) is 12.2. The maximum atomic E-state index is 13.7. The molecule has 0 saturated heterocycles. The fourth-order valence-corrected chi connectivity index (χ4v) is 3.13. The Balaban J connectivity index is 1.79. The van der Waals surface area contributed by atoms with Crippen molar-refractivity contribution in [3.63, 3.8) is 0 Å². The van der Waals surface area contributed by atoms with Crippen LogP contribution < -0.4 is 0 Å². The number of fused-ring (bicyclic) bond motifs is 1. The summed E-state index contributed by atoms with van der Waals surface area (Å²) >= 11 is 0. The van der Waals surface area contributed by atoms with Gasteiger partial charge in [-0.25, -0.2) is 19.3 Å². The quantitative estimate of drug-likeness (QED) is 0.570. The number of hydrogen-bond acceptors (Lipinski definition) is 3. The summed E-state index contributed by atoms with van der Waals surface area (Å²) in [6.07, 6.45) is 5.40. The number of imidazole rings is 2. The number of benzene rings is 1. The molecular weight excluding hydrogens is 317 g/mol. The van der Waals surface area contributed by atoms with Crippen molar-refractivity contribution in [2.24, 2.45) is 0 Å². The van der Waals surface area contributed by atoms with Crippen molar-refractivity contribution in [2.75, 3.05) is 0 Å². The maximum absolute atomic E-state index is 13.7. The predicted octanol–water partition coefficient (Wildman–Crippen LogP) is 3.81. The zero-order valence-corrected chi connectivity index (χ0v) is 14.1. The molecule has 0 N–H and O–H groups in total. The van der Waals surface area contributed by atoms with Gasteiger partial charge in [0, 0.05) is 30.7 Å². The first kappa shape index (κ1) is 15.5. The molecule has 0 atom stereocenters. The Labute approximate surface area is 144 Å². The second-order valence-corrected chi connectivity index (χ2v) is 5.96. The number of halogens is 1. The van der Waals surface area contributed by atoms with Gasteiger partial charge in [0.25, 0.3) is 0 Å². The van der Waals surface area contributed by atoms with E-state index in [0.29, 0.717) is 6.54 Å². The summed E-state index contributed by atoms with van der Waals surface area (Å²) in [4.78, 5) is 13.6. The Hall–Kier alpha value is -3.02. The van der Waals surface area contributed by atoms with Gasteiger partial charge in [-0.2, -0.15) is 0 Å². The lowest BCUT2D eigenvalue weighted by molar-refractivity contribution is 0.627. The second-order valence-electron chi connectivity index (χ2n) is 5.96. The molecule has 3 heterocycles. The van der Waals surface area contributed by atoms with Crippen LogP contribution in [0.5, 0.6) is 0 Å². The van der Waals surface area contributed by atoms with Crippen LogP contribution in [0.2, 0.25) is 0 Å². The fourth-order valence-electron chi connectivity index (χ4n) is 3.13. The molecular formula is C19H18FN5. The smallest absolute Gasteiger partial charge is 0.160 e. The van der Waals surface area contributed by atoms with E-state index >= 15 is 0 Å². The Kier molecular flexibility index (Phi) is 3.80. The van der Waals surface area contributed by atoms with Crippen LogP contribution in [0.25, 0.3) is 22.6 Å². The molecule has 0 spiro atoms. The van der Waals surface area contributed by atoms with Crippen LogP contribution in [0, 0.1) is 12.7 Å². The van der Waals surface area contributed by atoms with Gasteiger partial charge in [-0.3, -0.25) is 0 Å². The third-order valence-electron chi connectivity index (χ3n) is 4.37. The molecule has 0 bridgehead atoms. The van der Waals surface area contributed by atoms with Gasteiger partial charge < -0.3 is 9.13 Å². The normalized spacial score (nSPS) is 11.3. The molecule has 5 nitrogen and oxygen atoms in total. The van der Waals surface area contributed by atoms with E-state index in [-0.39, 0.29) is 5.82 Å². The lowest BCUT2D eigenvalue weighted by Gasteiger charge is -2.11. The van der Waals surface area contributed by atoms with Crippen molar-refractivity contribution >= 4 is 11.2 Å². The van der Waals surface area contributed by atoms with Crippen molar-refractivity contribution in [1.82, 2.24) is 24.1 Å². The third-order valence-corrected chi connectivity index (χ3v) is 4.37. The average Bonchev–Trinajstić information content (AvgIpc) is 3.21.